The van der Waals surface area contributed by atoms with Crippen molar-refractivity contribution < 1.29 is 47.0 Å². The molecule has 3 aromatic rings. The summed E-state index contributed by atoms with van der Waals surface area (Å²) >= 11 is 1.93. The van der Waals surface area contributed by atoms with Crippen LogP contribution in [-0.4, -0.2) is 53.9 Å². The first kappa shape index (κ1) is 50.6. The van der Waals surface area contributed by atoms with Crippen molar-refractivity contribution in [3.8, 4) is 17.1 Å². The van der Waals surface area contributed by atoms with E-state index in [0.29, 0.717) is 52.1 Å². The summed E-state index contributed by atoms with van der Waals surface area (Å²) in [5.41, 5.74) is 6.10. The van der Waals surface area contributed by atoms with Crippen LogP contribution in [-0.2, 0) is 57.1 Å². The molecule has 2 aromatic heterocycles. The summed E-state index contributed by atoms with van der Waals surface area (Å²) in [6.07, 6.45) is 15.8. The van der Waals surface area contributed by atoms with Crippen LogP contribution in [0.15, 0.2) is 40.7 Å². The zero-order valence-electron chi connectivity index (χ0n) is 40.4. The fourth-order valence-corrected chi connectivity index (χ4v) is 14.1. The SMILES string of the molecule is CCc1c2c(nc3ccc(OC(=O)OCOC(=O)CCC(=O)OC4CCC5(C)C(=CCC6C7CCC(CCCCC(C)C)C7(C)CC[C@@H]65)C4)cc13)-c1cc(C(C=O)OSI)c(COC)c(=O)n1C2. The molecule has 3 saturated carbocycles. The van der Waals surface area contributed by atoms with E-state index >= 15 is 0 Å². The molecular formula is C53H67IN2O11S. The van der Waals surface area contributed by atoms with Gasteiger partial charge in [0.2, 0.25) is 6.79 Å². The van der Waals surface area contributed by atoms with E-state index in [1.54, 1.807) is 28.8 Å². The number of aryl methyl sites for hydroxylation is 1. The van der Waals surface area contributed by atoms with Crippen molar-refractivity contribution in [3.63, 3.8) is 0 Å². The highest BCUT2D eigenvalue weighted by Crippen LogP contribution is 2.67. The third kappa shape index (κ3) is 10.2. The lowest BCUT2D eigenvalue weighted by molar-refractivity contribution is -0.159. The number of nitrogens with zero attached hydrogens (tertiary/aromatic N) is 2. The molecule has 368 valence electrons. The Morgan fingerprint density at radius 2 is 1.81 bits per heavy atom. The first-order valence-electron chi connectivity index (χ1n) is 24.7. The molecule has 8 rings (SSSR count). The van der Waals surface area contributed by atoms with Gasteiger partial charge in [0, 0.05) is 56.8 Å². The molecule has 3 fully saturated rings. The normalized spacial score (nSPS) is 26.2. The number of rotatable bonds is 19. The second kappa shape index (κ2) is 21.7. The number of esters is 2. The average molecular weight is 1070 g/mol. The Balaban J connectivity index is 0.800. The minimum absolute atomic E-state index is 0.00386. The van der Waals surface area contributed by atoms with E-state index in [-0.39, 0.29) is 48.8 Å². The molecule has 0 spiro atoms. The van der Waals surface area contributed by atoms with Crippen molar-refractivity contribution in [2.45, 2.75) is 156 Å². The number of pyridine rings is 2. The van der Waals surface area contributed by atoms with Crippen LogP contribution in [0.1, 0.15) is 153 Å². The maximum Gasteiger partial charge on any atom is 0.516 e. The molecule has 0 bridgehead atoms. The van der Waals surface area contributed by atoms with Crippen molar-refractivity contribution in [2.75, 3.05) is 13.9 Å². The Morgan fingerprint density at radius 3 is 2.56 bits per heavy atom. The van der Waals surface area contributed by atoms with Gasteiger partial charge in [0.15, 0.2) is 12.4 Å². The molecule has 5 aliphatic rings. The Morgan fingerprint density at radius 1 is 1.00 bits per heavy atom. The number of methoxy groups -OCH3 is 1. The van der Waals surface area contributed by atoms with E-state index in [1.165, 1.54) is 64.0 Å². The maximum absolute atomic E-state index is 13.8. The Kier molecular flexibility index (Phi) is 16.1. The number of aromatic nitrogens is 2. The van der Waals surface area contributed by atoms with E-state index in [4.69, 9.17) is 32.9 Å². The summed E-state index contributed by atoms with van der Waals surface area (Å²) < 4.78 is 34.1. The zero-order chi connectivity index (χ0) is 48.3. The molecule has 68 heavy (non-hydrogen) atoms. The number of aldehydes is 1. The van der Waals surface area contributed by atoms with Gasteiger partial charge in [-0.25, -0.2) is 9.78 Å². The molecule has 7 unspecified atom stereocenters. The van der Waals surface area contributed by atoms with Gasteiger partial charge >= 0.3 is 18.1 Å². The lowest BCUT2D eigenvalue weighted by Crippen LogP contribution is -2.50. The van der Waals surface area contributed by atoms with Crippen LogP contribution in [0, 0.1) is 40.4 Å². The third-order valence-electron chi connectivity index (χ3n) is 16.6. The van der Waals surface area contributed by atoms with Gasteiger partial charge in [0.25, 0.3) is 5.56 Å². The fourth-order valence-electron chi connectivity index (χ4n) is 13.2. The van der Waals surface area contributed by atoms with Crippen molar-refractivity contribution >= 4 is 65.7 Å². The van der Waals surface area contributed by atoms with E-state index < -0.39 is 31.0 Å². The number of hydrogen-bond donors (Lipinski definition) is 0. The highest BCUT2D eigenvalue weighted by molar-refractivity contribution is 14.2. The number of carbonyl (C=O) groups is 4. The second-order valence-electron chi connectivity index (χ2n) is 20.7. The number of benzene rings is 1. The molecular weight excluding hydrogens is 1000 g/mol. The third-order valence-corrected chi connectivity index (χ3v) is 17.6. The van der Waals surface area contributed by atoms with E-state index in [0.717, 1.165) is 75.1 Å². The lowest BCUT2D eigenvalue weighted by atomic mass is 9.47. The Bertz CT molecular complexity index is 2490. The fraction of sp³-hybridized carbons (Fsp3) is 0.623. The largest absolute Gasteiger partial charge is 0.516 e. The topological polar surface area (TPSA) is 159 Å². The monoisotopic (exact) mass is 1070 g/mol. The van der Waals surface area contributed by atoms with Gasteiger partial charge in [-0.2, -0.15) is 0 Å². The lowest BCUT2D eigenvalue weighted by Gasteiger charge is -2.58. The summed E-state index contributed by atoms with van der Waals surface area (Å²) in [4.78, 5) is 69.0. The van der Waals surface area contributed by atoms with Crippen LogP contribution in [0.5, 0.6) is 5.75 Å². The Hall–Kier alpha value is -3.80. The predicted molar refractivity (Wildman–Crippen MR) is 268 cm³/mol. The number of hydrogen-bond acceptors (Lipinski definition) is 13. The van der Waals surface area contributed by atoms with Gasteiger partial charge in [-0.15, -0.1) is 0 Å². The van der Waals surface area contributed by atoms with Crippen LogP contribution in [0.2, 0.25) is 0 Å². The number of fused-ring (bicyclic) bond motifs is 9. The van der Waals surface area contributed by atoms with Crippen LogP contribution in [0.4, 0.5) is 4.79 Å². The van der Waals surface area contributed by atoms with E-state index in [2.05, 4.69) is 33.8 Å². The number of halogens is 1. The molecule has 4 aliphatic carbocycles. The smallest absolute Gasteiger partial charge is 0.462 e. The molecule has 8 atom stereocenters. The van der Waals surface area contributed by atoms with Gasteiger partial charge in [0.1, 0.15) is 11.9 Å². The van der Waals surface area contributed by atoms with Gasteiger partial charge in [0.05, 0.1) is 52.1 Å². The zero-order valence-corrected chi connectivity index (χ0v) is 43.4. The summed E-state index contributed by atoms with van der Waals surface area (Å²) in [5.74, 6) is 2.96. The predicted octanol–water partition coefficient (Wildman–Crippen LogP) is 11.9. The van der Waals surface area contributed by atoms with Gasteiger partial charge in [-0.05, 0) is 128 Å². The summed E-state index contributed by atoms with van der Waals surface area (Å²) in [5, 5.41) is 0.728. The molecule has 3 heterocycles. The quantitative estimate of drug-likeness (QED) is 0.0128. The maximum atomic E-state index is 13.8. The second-order valence-corrected chi connectivity index (χ2v) is 22.1. The molecule has 1 aliphatic heterocycles. The summed E-state index contributed by atoms with van der Waals surface area (Å²) in [6, 6.07) is 6.74. The number of carbonyl (C=O) groups excluding carboxylic acids is 4. The molecule has 0 saturated heterocycles. The highest BCUT2D eigenvalue weighted by Gasteiger charge is 2.58. The van der Waals surface area contributed by atoms with Gasteiger partial charge in [-0.3, -0.25) is 18.6 Å². The van der Waals surface area contributed by atoms with Crippen molar-refractivity contribution in [1.82, 2.24) is 9.55 Å². The van der Waals surface area contributed by atoms with Gasteiger partial charge < -0.3 is 33.0 Å². The Labute approximate surface area is 416 Å². The van der Waals surface area contributed by atoms with Crippen LogP contribution in [0.25, 0.3) is 22.3 Å². The van der Waals surface area contributed by atoms with Crippen LogP contribution < -0.4 is 10.3 Å². The average Bonchev–Trinajstić information content (AvgIpc) is 3.86. The molecule has 1 aromatic carbocycles. The standard InChI is InChI=1S/C53H67IN2O11S/c1-7-36-38-25-34(14-17-44(38)55-49-40(36)27-56-45(49)26-39(46(28-57)67-68-54)41(29-62-6)50(56)60)66-51(61)64-30-63-47(58)18-19-48(59)65-35-20-22-53(5)33(24-35)12-15-37-42-16-13-32(11-9-8-10-31(2)3)52(42,4)23-21-43(37)53/h12,14,17,25-26,28,31-32,35,37,42-43,46H,7-11,13,15-16,18-24,27,29-30H2,1-6H3/t32?,35?,37?,42?,43-,46?,52?,53?/m0/s1. The first-order valence-corrected chi connectivity index (χ1v) is 28.0. The number of allylic oxidation sites excluding steroid dienone is 1. The molecule has 15 heteroatoms. The highest BCUT2D eigenvalue weighted by atomic mass is 127. The summed E-state index contributed by atoms with van der Waals surface area (Å²) in [6.45, 7) is 11.3. The minimum atomic E-state index is -1.08. The molecule has 0 radical (unpaired) electrons. The van der Waals surface area contributed by atoms with E-state index in [9.17, 15) is 24.0 Å². The van der Waals surface area contributed by atoms with Crippen molar-refractivity contribution in [1.29, 1.82) is 0 Å². The van der Waals surface area contributed by atoms with Gasteiger partial charge in [-0.1, -0.05) is 65.5 Å². The molecule has 0 amide bonds. The van der Waals surface area contributed by atoms with Crippen molar-refractivity contribution in [2.24, 2.45) is 40.4 Å². The van der Waals surface area contributed by atoms with E-state index in [1.807, 2.05) is 28.1 Å². The number of unbranched alkanes of at least 4 members (excludes halogenated alkanes) is 1. The molecule has 0 N–H and O–H groups in total. The van der Waals surface area contributed by atoms with Crippen LogP contribution >= 0.6 is 30.4 Å². The van der Waals surface area contributed by atoms with Crippen LogP contribution in [0.3, 0.4) is 0 Å². The number of ether oxygens (including phenoxy) is 5. The molecule has 13 nitrogen and oxygen atoms in total. The minimum Gasteiger partial charge on any atom is -0.462 e. The van der Waals surface area contributed by atoms with Crippen molar-refractivity contribution in [3.05, 3.63) is 68.5 Å². The summed E-state index contributed by atoms with van der Waals surface area (Å²) in [7, 11) is 2.49. The first-order chi connectivity index (χ1) is 32.7.